The minimum absolute atomic E-state index is 0.0618. The number of methoxy groups -OCH3 is 2. The number of carbonyl (C=O) groups is 2. The number of amides is 2. The van der Waals surface area contributed by atoms with Crippen molar-refractivity contribution >= 4 is 28.5 Å². The highest BCUT2D eigenvalue weighted by molar-refractivity contribution is 6.01. The van der Waals surface area contributed by atoms with E-state index in [1.54, 1.807) is 43.5 Å². The fourth-order valence-electron chi connectivity index (χ4n) is 5.10. The van der Waals surface area contributed by atoms with Gasteiger partial charge in [-0.1, -0.05) is 0 Å². The summed E-state index contributed by atoms with van der Waals surface area (Å²) in [5, 5.41) is 1.16. The van der Waals surface area contributed by atoms with Crippen molar-refractivity contribution in [3.8, 4) is 11.5 Å². The van der Waals surface area contributed by atoms with Crippen LogP contribution in [0.1, 0.15) is 30.7 Å². The van der Waals surface area contributed by atoms with Gasteiger partial charge < -0.3 is 24.3 Å². The molecule has 2 amide bonds. The van der Waals surface area contributed by atoms with E-state index in [0.29, 0.717) is 42.7 Å². The number of nitrogens with one attached hydrogen (secondary N) is 1. The summed E-state index contributed by atoms with van der Waals surface area (Å²) in [6, 6.07) is 9.40. The van der Waals surface area contributed by atoms with Crippen LogP contribution in [0, 0.1) is 5.92 Å². The zero-order valence-corrected chi connectivity index (χ0v) is 18.9. The number of carbonyl (C=O) groups excluding carboxylic acids is 2. The first kappa shape index (κ1) is 21.3. The van der Waals surface area contributed by atoms with Gasteiger partial charge in [0.2, 0.25) is 11.8 Å². The molecule has 0 aliphatic carbocycles. The van der Waals surface area contributed by atoms with Gasteiger partial charge in [-0.2, -0.15) is 0 Å². The predicted molar refractivity (Wildman–Crippen MR) is 125 cm³/mol. The molecule has 0 bridgehead atoms. The Balaban J connectivity index is 1.25. The largest absolute Gasteiger partial charge is 0.497 e. The Kier molecular flexibility index (Phi) is 5.66. The number of fused-ring (bicyclic) bond motifs is 1. The quantitative estimate of drug-likeness (QED) is 0.647. The number of likely N-dealkylation sites (tertiary alicyclic amines) is 1. The van der Waals surface area contributed by atoms with E-state index in [1.165, 1.54) is 5.56 Å². The Bertz CT molecular complexity index is 1180. The van der Waals surface area contributed by atoms with Gasteiger partial charge in [0, 0.05) is 49.9 Å². The molecule has 4 heterocycles. The molecule has 1 unspecified atom stereocenters. The van der Waals surface area contributed by atoms with E-state index in [0.717, 1.165) is 23.9 Å². The lowest BCUT2D eigenvalue weighted by atomic mass is 9.89. The first-order valence-corrected chi connectivity index (χ1v) is 11.3. The normalized spacial score (nSPS) is 19.3. The summed E-state index contributed by atoms with van der Waals surface area (Å²) in [6.07, 6.45) is 5.86. The average Bonchev–Trinajstić information content (AvgIpc) is 3.47. The maximum atomic E-state index is 13.3. The van der Waals surface area contributed by atoms with E-state index in [1.807, 2.05) is 11.0 Å². The first-order valence-electron chi connectivity index (χ1n) is 11.3. The smallest absolute Gasteiger partial charge is 0.228 e. The van der Waals surface area contributed by atoms with Crippen LogP contribution in [0.3, 0.4) is 0 Å². The van der Waals surface area contributed by atoms with Crippen molar-refractivity contribution in [1.82, 2.24) is 14.9 Å². The Hall–Kier alpha value is -3.55. The van der Waals surface area contributed by atoms with Crippen LogP contribution in [0.4, 0.5) is 5.69 Å². The molecule has 2 aliphatic heterocycles. The molecule has 8 nitrogen and oxygen atoms in total. The number of H-pyrrole nitrogens is 1. The van der Waals surface area contributed by atoms with Gasteiger partial charge in [0.1, 0.15) is 17.1 Å². The third-order valence-corrected chi connectivity index (χ3v) is 6.88. The number of piperidine rings is 1. The summed E-state index contributed by atoms with van der Waals surface area (Å²) < 4.78 is 10.8. The lowest BCUT2D eigenvalue weighted by Crippen LogP contribution is -2.42. The molecule has 0 spiro atoms. The maximum Gasteiger partial charge on any atom is 0.228 e. The van der Waals surface area contributed by atoms with E-state index in [-0.39, 0.29) is 24.2 Å². The van der Waals surface area contributed by atoms with Crippen LogP contribution in [0.5, 0.6) is 11.5 Å². The molecular formula is C25H28N4O4. The highest BCUT2D eigenvalue weighted by Gasteiger charge is 2.39. The minimum Gasteiger partial charge on any atom is -0.497 e. The minimum atomic E-state index is -0.345. The third kappa shape index (κ3) is 3.90. The Morgan fingerprint density at radius 3 is 2.73 bits per heavy atom. The van der Waals surface area contributed by atoms with Gasteiger partial charge in [0.05, 0.1) is 25.8 Å². The Morgan fingerprint density at radius 1 is 1.15 bits per heavy atom. The van der Waals surface area contributed by atoms with E-state index in [9.17, 15) is 9.59 Å². The molecule has 0 saturated carbocycles. The topological polar surface area (TPSA) is 87.8 Å². The molecule has 33 heavy (non-hydrogen) atoms. The first-order chi connectivity index (χ1) is 16.1. The number of ether oxygens (including phenoxy) is 2. The zero-order valence-electron chi connectivity index (χ0n) is 18.9. The molecule has 5 rings (SSSR count). The van der Waals surface area contributed by atoms with Gasteiger partial charge >= 0.3 is 0 Å². The van der Waals surface area contributed by atoms with E-state index >= 15 is 0 Å². The number of aromatic nitrogens is 2. The number of nitrogens with zero attached hydrogens (tertiary/aromatic N) is 3. The van der Waals surface area contributed by atoms with Crippen LogP contribution in [0.25, 0.3) is 11.0 Å². The van der Waals surface area contributed by atoms with Crippen LogP contribution in [-0.4, -0.2) is 60.5 Å². The summed E-state index contributed by atoms with van der Waals surface area (Å²) in [6.45, 7) is 1.75. The molecule has 2 aromatic heterocycles. The van der Waals surface area contributed by atoms with Crippen LogP contribution in [0.2, 0.25) is 0 Å². The third-order valence-electron chi connectivity index (χ3n) is 6.88. The lowest BCUT2D eigenvalue weighted by Gasteiger charge is -2.33. The molecule has 172 valence electrons. The van der Waals surface area contributed by atoms with Crippen LogP contribution >= 0.6 is 0 Å². The fraction of sp³-hybridized carbons (Fsp3) is 0.400. The summed E-state index contributed by atoms with van der Waals surface area (Å²) in [5.41, 5.74) is 2.82. The fourth-order valence-corrected chi connectivity index (χ4v) is 5.10. The number of anilines is 1. The second kappa shape index (κ2) is 8.77. The zero-order chi connectivity index (χ0) is 22.9. The van der Waals surface area contributed by atoms with Gasteiger partial charge in [-0.3, -0.25) is 9.59 Å². The monoisotopic (exact) mass is 448 g/mol. The predicted octanol–water partition coefficient (Wildman–Crippen LogP) is 3.34. The SMILES string of the molecule is COc1ccc(OC)c(N2CC(C(=O)N3CCC(c4c[nH]c5ncccc45)CC3)CC2=O)c1. The van der Waals surface area contributed by atoms with E-state index < -0.39 is 0 Å². The van der Waals surface area contributed by atoms with Gasteiger partial charge in [0.25, 0.3) is 0 Å². The molecule has 1 N–H and O–H groups in total. The molecule has 3 aromatic rings. The number of rotatable bonds is 5. The van der Waals surface area contributed by atoms with E-state index in [2.05, 4.69) is 22.2 Å². The molecule has 1 aromatic carbocycles. The second-order valence-corrected chi connectivity index (χ2v) is 8.69. The number of aromatic amines is 1. The van der Waals surface area contributed by atoms with Gasteiger partial charge in [-0.05, 0) is 48.6 Å². The molecule has 2 saturated heterocycles. The van der Waals surface area contributed by atoms with E-state index in [4.69, 9.17) is 9.47 Å². The number of hydrogen-bond donors (Lipinski definition) is 1. The number of pyridine rings is 1. The summed E-state index contributed by atoms with van der Waals surface area (Å²) in [7, 11) is 3.16. The molecule has 2 fully saturated rings. The lowest BCUT2D eigenvalue weighted by molar-refractivity contribution is -0.136. The van der Waals surface area contributed by atoms with Crippen molar-refractivity contribution in [2.24, 2.45) is 5.92 Å². The van der Waals surface area contributed by atoms with Crippen LogP contribution in [0.15, 0.2) is 42.7 Å². The van der Waals surface area contributed by atoms with Crippen molar-refractivity contribution in [2.75, 3.05) is 38.8 Å². The van der Waals surface area contributed by atoms with Crippen molar-refractivity contribution < 1.29 is 19.1 Å². The summed E-state index contributed by atoms with van der Waals surface area (Å²) in [4.78, 5) is 37.3. The van der Waals surface area contributed by atoms with Crippen LogP contribution in [-0.2, 0) is 9.59 Å². The molecular weight excluding hydrogens is 420 g/mol. The second-order valence-electron chi connectivity index (χ2n) is 8.69. The Morgan fingerprint density at radius 2 is 1.97 bits per heavy atom. The maximum absolute atomic E-state index is 13.3. The molecule has 8 heteroatoms. The summed E-state index contributed by atoms with van der Waals surface area (Å²) in [5.74, 6) is 1.28. The van der Waals surface area contributed by atoms with Crippen molar-refractivity contribution in [1.29, 1.82) is 0 Å². The van der Waals surface area contributed by atoms with Gasteiger partial charge in [-0.15, -0.1) is 0 Å². The van der Waals surface area contributed by atoms with Crippen LogP contribution < -0.4 is 14.4 Å². The van der Waals surface area contributed by atoms with Crippen molar-refractivity contribution in [2.45, 2.75) is 25.2 Å². The summed E-state index contributed by atoms with van der Waals surface area (Å²) >= 11 is 0. The molecule has 0 radical (unpaired) electrons. The Labute approximate surface area is 192 Å². The van der Waals surface area contributed by atoms with Gasteiger partial charge in [0.15, 0.2) is 0 Å². The highest BCUT2D eigenvalue weighted by atomic mass is 16.5. The van der Waals surface area contributed by atoms with Crippen molar-refractivity contribution in [3.05, 3.63) is 48.3 Å². The average molecular weight is 449 g/mol. The molecule has 1 atom stereocenters. The van der Waals surface area contributed by atoms with Crippen molar-refractivity contribution in [3.63, 3.8) is 0 Å². The van der Waals surface area contributed by atoms with Gasteiger partial charge in [-0.25, -0.2) is 4.98 Å². The number of benzene rings is 1. The number of hydrogen-bond acceptors (Lipinski definition) is 5. The standard InChI is InChI=1S/C25H28N4O4/c1-32-18-5-6-22(33-2)21(13-18)29-15-17(12-23(29)30)25(31)28-10-7-16(8-11-28)20-14-27-24-19(20)4-3-9-26-24/h3-6,9,13-14,16-17H,7-8,10-12,15H2,1-2H3,(H,26,27). The highest BCUT2D eigenvalue weighted by Crippen LogP contribution is 2.37. The molecule has 2 aliphatic rings.